The van der Waals surface area contributed by atoms with Crippen molar-refractivity contribution < 1.29 is 18.5 Å². The van der Waals surface area contributed by atoms with Gasteiger partial charge in [-0.15, -0.1) is 0 Å². The third-order valence-corrected chi connectivity index (χ3v) is 6.82. The van der Waals surface area contributed by atoms with Gasteiger partial charge in [-0.2, -0.15) is 4.98 Å². The number of hydrogen-bond donors (Lipinski definition) is 0. The van der Waals surface area contributed by atoms with Crippen LogP contribution in [0.25, 0.3) is 11.6 Å². The van der Waals surface area contributed by atoms with Crippen LogP contribution in [0.15, 0.2) is 27.3 Å². The molecule has 1 spiro atoms. The number of hydrogen-bond acceptors (Lipinski definition) is 6. The van der Waals surface area contributed by atoms with E-state index in [-0.39, 0.29) is 11.3 Å². The largest absolute Gasteiger partial charge is 0.461 e. The first kappa shape index (κ1) is 21.1. The lowest BCUT2D eigenvalue weighted by Crippen LogP contribution is -2.66. The van der Waals surface area contributed by atoms with Crippen LogP contribution in [0.3, 0.4) is 0 Å². The number of nitrogens with zero attached hydrogens (tertiary/aromatic N) is 3. The Morgan fingerprint density at radius 2 is 2.13 bits per heavy atom. The van der Waals surface area contributed by atoms with Crippen molar-refractivity contribution in [3.63, 3.8) is 0 Å². The van der Waals surface area contributed by atoms with E-state index in [0.29, 0.717) is 42.5 Å². The van der Waals surface area contributed by atoms with Crippen molar-refractivity contribution in [1.82, 2.24) is 15.0 Å². The van der Waals surface area contributed by atoms with Crippen LogP contribution < -0.4 is 0 Å². The number of aryl methyl sites for hydroxylation is 1. The van der Waals surface area contributed by atoms with Crippen LogP contribution in [0.2, 0.25) is 0 Å². The molecule has 2 heterocycles. The highest BCUT2D eigenvalue weighted by molar-refractivity contribution is 5.77. The summed E-state index contributed by atoms with van der Waals surface area (Å²) in [6, 6.07) is 3.87. The van der Waals surface area contributed by atoms with E-state index in [1.54, 1.807) is 18.4 Å². The second-order valence-corrected chi connectivity index (χ2v) is 8.57. The summed E-state index contributed by atoms with van der Waals surface area (Å²) in [5.41, 5.74) is 0.149. The molecule has 2 aromatic rings. The molecule has 2 saturated carbocycles. The van der Waals surface area contributed by atoms with Gasteiger partial charge in [-0.3, -0.25) is 4.79 Å². The number of amides is 1. The van der Waals surface area contributed by atoms with E-state index < -0.39 is 0 Å². The maximum atomic E-state index is 13.2. The third-order valence-electron chi connectivity index (χ3n) is 6.82. The topological polar surface area (TPSA) is 81.6 Å². The Balaban J connectivity index is 1.41. The molecule has 2 atom stereocenters. The lowest BCUT2D eigenvalue weighted by atomic mass is 9.54. The first-order chi connectivity index (χ1) is 14.7. The zero-order chi connectivity index (χ0) is 21.0. The van der Waals surface area contributed by atoms with E-state index in [1.807, 2.05) is 0 Å². The molecule has 7 nitrogen and oxygen atoms in total. The molecule has 4 rings (SSSR count). The summed E-state index contributed by atoms with van der Waals surface area (Å²) in [7, 11) is 0. The van der Waals surface area contributed by atoms with Gasteiger partial charge in [-0.1, -0.05) is 31.3 Å². The first-order valence-corrected chi connectivity index (χ1v) is 11.5. The van der Waals surface area contributed by atoms with Crippen molar-refractivity contribution in [1.29, 1.82) is 0 Å². The minimum Gasteiger partial charge on any atom is -0.461 e. The summed E-state index contributed by atoms with van der Waals surface area (Å²) in [6.07, 6.45) is 10.7. The van der Waals surface area contributed by atoms with Crippen LogP contribution >= 0.6 is 0 Å². The van der Waals surface area contributed by atoms with Crippen molar-refractivity contribution in [2.24, 2.45) is 5.41 Å². The van der Waals surface area contributed by atoms with Crippen molar-refractivity contribution in [2.75, 3.05) is 13.2 Å². The van der Waals surface area contributed by atoms with Crippen molar-refractivity contribution >= 4 is 5.91 Å². The summed E-state index contributed by atoms with van der Waals surface area (Å²) in [5, 5.41) is 3.96. The highest BCUT2D eigenvalue weighted by Crippen LogP contribution is 2.55. The van der Waals surface area contributed by atoms with Gasteiger partial charge in [-0.25, -0.2) is 0 Å². The van der Waals surface area contributed by atoms with Crippen molar-refractivity contribution in [3.8, 4) is 11.6 Å². The van der Waals surface area contributed by atoms with Gasteiger partial charge in [0.15, 0.2) is 5.76 Å². The van der Waals surface area contributed by atoms with E-state index in [9.17, 15) is 4.79 Å². The second-order valence-electron chi connectivity index (χ2n) is 8.57. The fraction of sp³-hybridized carbons (Fsp3) is 0.696. The van der Waals surface area contributed by atoms with Gasteiger partial charge in [0.1, 0.15) is 0 Å². The highest BCUT2D eigenvalue weighted by atomic mass is 16.5. The second kappa shape index (κ2) is 9.33. The van der Waals surface area contributed by atoms with Gasteiger partial charge in [0, 0.05) is 37.5 Å². The van der Waals surface area contributed by atoms with Crippen molar-refractivity contribution in [2.45, 2.75) is 83.8 Å². The Kier molecular flexibility index (Phi) is 6.56. The summed E-state index contributed by atoms with van der Waals surface area (Å²) < 4.78 is 16.7. The Morgan fingerprint density at radius 1 is 1.30 bits per heavy atom. The zero-order valence-corrected chi connectivity index (χ0v) is 18.1. The van der Waals surface area contributed by atoms with Crippen LogP contribution in [-0.4, -0.2) is 46.2 Å². The number of carbonyl (C=O) groups excluding carboxylic acids is 1. The minimum atomic E-state index is 0.149. The molecule has 0 saturated heterocycles. The number of carbonyl (C=O) groups is 1. The van der Waals surface area contributed by atoms with E-state index >= 15 is 0 Å². The Labute approximate surface area is 178 Å². The average molecular weight is 416 g/mol. The molecular weight excluding hydrogens is 382 g/mol. The SMILES string of the molecule is CCCN(C(=O)CCc1nc(-c2ccco2)no1)[C@@H]1C[C@@H](OCC)C12CCCCC2. The van der Waals surface area contributed by atoms with Crippen LogP contribution in [0.5, 0.6) is 0 Å². The van der Waals surface area contributed by atoms with Crippen LogP contribution in [0.1, 0.15) is 71.1 Å². The van der Waals surface area contributed by atoms with E-state index in [2.05, 4.69) is 28.9 Å². The number of rotatable bonds is 9. The molecule has 2 aliphatic rings. The molecule has 0 bridgehead atoms. The molecule has 30 heavy (non-hydrogen) atoms. The third kappa shape index (κ3) is 4.04. The van der Waals surface area contributed by atoms with Crippen molar-refractivity contribution in [3.05, 3.63) is 24.3 Å². The molecule has 164 valence electrons. The molecule has 0 unspecified atom stereocenters. The van der Waals surface area contributed by atoms with Crippen LogP contribution in [0.4, 0.5) is 0 Å². The summed E-state index contributed by atoms with van der Waals surface area (Å²) in [6.45, 7) is 5.75. The first-order valence-electron chi connectivity index (χ1n) is 11.5. The molecule has 7 heteroatoms. The van der Waals surface area contributed by atoms with Crippen LogP contribution in [-0.2, 0) is 16.0 Å². The van der Waals surface area contributed by atoms with Gasteiger partial charge in [0.25, 0.3) is 0 Å². The quantitative estimate of drug-likeness (QED) is 0.594. The van der Waals surface area contributed by atoms with Gasteiger partial charge >= 0.3 is 0 Å². The Morgan fingerprint density at radius 3 is 2.83 bits per heavy atom. The van der Waals surface area contributed by atoms with Gasteiger partial charge in [0.05, 0.1) is 12.4 Å². The number of furan rings is 1. The summed E-state index contributed by atoms with van der Waals surface area (Å²) in [4.78, 5) is 19.7. The zero-order valence-electron chi connectivity index (χ0n) is 18.1. The van der Waals surface area contributed by atoms with Gasteiger partial charge in [0.2, 0.25) is 17.6 Å². The minimum absolute atomic E-state index is 0.149. The molecule has 0 aromatic carbocycles. The van der Waals surface area contributed by atoms with Gasteiger partial charge < -0.3 is 18.6 Å². The van der Waals surface area contributed by atoms with E-state index in [1.165, 1.54) is 32.1 Å². The molecule has 2 fully saturated rings. The Bertz CT molecular complexity index is 810. The van der Waals surface area contributed by atoms with Crippen LogP contribution in [0, 0.1) is 5.41 Å². The van der Waals surface area contributed by atoms with E-state index in [0.717, 1.165) is 26.0 Å². The lowest BCUT2D eigenvalue weighted by Gasteiger charge is -2.60. The molecule has 2 aliphatic carbocycles. The maximum Gasteiger partial charge on any atom is 0.238 e. The standard InChI is InChI=1S/C23H33N3O4/c1-3-14-26(18-16-19(28-4-2)23(18)12-6-5-7-13-23)21(27)11-10-20-24-22(25-30-20)17-9-8-15-29-17/h8-9,15,18-19H,3-7,10-14,16H2,1-2H3/t18-,19-/m1/s1. The molecule has 0 radical (unpaired) electrons. The average Bonchev–Trinajstić information content (AvgIpc) is 3.46. The normalized spacial score (nSPS) is 22.7. The lowest BCUT2D eigenvalue weighted by molar-refractivity contribution is -0.188. The predicted molar refractivity (Wildman–Crippen MR) is 112 cm³/mol. The maximum absolute atomic E-state index is 13.2. The molecule has 0 aliphatic heterocycles. The predicted octanol–water partition coefficient (Wildman–Crippen LogP) is 4.63. The van der Waals surface area contributed by atoms with Gasteiger partial charge in [-0.05, 0) is 44.7 Å². The fourth-order valence-corrected chi connectivity index (χ4v) is 5.38. The Hall–Kier alpha value is -2.15. The molecule has 1 amide bonds. The summed E-state index contributed by atoms with van der Waals surface area (Å²) >= 11 is 0. The number of ether oxygens (including phenoxy) is 1. The number of aromatic nitrogens is 2. The molecular formula is C23H33N3O4. The fourth-order valence-electron chi connectivity index (χ4n) is 5.38. The monoisotopic (exact) mass is 415 g/mol. The molecule has 0 N–H and O–H groups in total. The summed E-state index contributed by atoms with van der Waals surface area (Å²) in [5.74, 6) is 1.64. The highest BCUT2D eigenvalue weighted by Gasteiger charge is 2.58. The molecule has 2 aromatic heterocycles. The smallest absolute Gasteiger partial charge is 0.238 e. The van der Waals surface area contributed by atoms with E-state index in [4.69, 9.17) is 13.7 Å².